The maximum absolute atomic E-state index is 13.3. The van der Waals surface area contributed by atoms with E-state index >= 15 is 0 Å². The van der Waals surface area contributed by atoms with Crippen LogP contribution in [0.2, 0.25) is 0 Å². The molecule has 1 fully saturated rings. The monoisotopic (exact) mass is 244 g/mol. The van der Waals surface area contributed by atoms with Gasteiger partial charge < -0.3 is 15.8 Å². The lowest BCUT2D eigenvalue weighted by Crippen LogP contribution is -2.33. The molecule has 17 heavy (non-hydrogen) atoms. The Morgan fingerprint density at radius 3 is 2.59 bits per heavy atom. The number of hydrogen-bond donors (Lipinski definition) is 4. The number of aromatic nitrogens is 1. The van der Waals surface area contributed by atoms with E-state index in [2.05, 4.69) is 15.7 Å². The van der Waals surface area contributed by atoms with Crippen LogP contribution in [0.15, 0.2) is 6.07 Å². The molecule has 1 aromatic heterocycles. The maximum Gasteiger partial charge on any atom is 0.178 e. The van der Waals surface area contributed by atoms with Gasteiger partial charge in [-0.1, -0.05) is 0 Å². The molecule has 1 aliphatic carbocycles. The molecule has 0 aromatic carbocycles. The van der Waals surface area contributed by atoms with Gasteiger partial charge in [-0.25, -0.2) is 19.6 Å². The normalized spacial score (nSPS) is 23.1. The Labute approximate surface area is 97.0 Å². The summed E-state index contributed by atoms with van der Waals surface area (Å²) in [5, 5.41) is 11.9. The lowest BCUT2D eigenvalue weighted by Gasteiger charge is -2.31. The molecule has 2 rings (SSSR count). The summed E-state index contributed by atoms with van der Waals surface area (Å²) in [5.41, 5.74) is 2.05. The number of hydrogen-bond acceptors (Lipinski definition) is 5. The van der Waals surface area contributed by atoms with Gasteiger partial charge in [0.15, 0.2) is 23.3 Å². The summed E-state index contributed by atoms with van der Waals surface area (Å²) in [4.78, 5) is 3.68. The fourth-order valence-corrected chi connectivity index (χ4v) is 1.80. The number of nitrogens with zero attached hydrogens (tertiary/aromatic N) is 1. The quantitative estimate of drug-likeness (QED) is 0.466. The second-order valence-electron chi connectivity index (χ2n) is 4.17. The number of nitrogen functional groups attached to an aromatic ring is 1. The molecule has 1 heterocycles. The van der Waals surface area contributed by atoms with E-state index in [9.17, 15) is 8.78 Å². The molecule has 5 nitrogen and oxygen atoms in total. The molecule has 1 saturated carbocycles. The van der Waals surface area contributed by atoms with Crippen LogP contribution in [0.1, 0.15) is 12.8 Å². The first-order valence-electron chi connectivity index (χ1n) is 5.34. The summed E-state index contributed by atoms with van der Waals surface area (Å²) in [6, 6.07) is 0.722. The second kappa shape index (κ2) is 4.80. The van der Waals surface area contributed by atoms with E-state index in [0.717, 1.165) is 6.07 Å². The first-order valence-corrected chi connectivity index (χ1v) is 5.34. The number of rotatable bonds is 4. The standard InChI is InChI=1S/C10H14F2N4O/c11-7-3-8(12)10(16-13)15-9(7)14-4-5-1-6(17)2-5/h3,5-6,17H,1-2,4,13H2,(H2,14,15,16). The minimum atomic E-state index is -0.838. The van der Waals surface area contributed by atoms with E-state index < -0.39 is 11.6 Å². The van der Waals surface area contributed by atoms with E-state index in [0.29, 0.717) is 25.3 Å². The van der Waals surface area contributed by atoms with Gasteiger partial charge in [-0.15, -0.1) is 0 Å². The predicted molar refractivity (Wildman–Crippen MR) is 59.2 cm³/mol. The van der Waals surface area contributed by atoms with E-state index in [1.807, 2.05) is 0 Å². The SMILES string of the molecule is NNc1nc(NCC2CC(O)C2)c(F)cc1F. The van der Waals surface area contributed by atoms with E-state index in [1.165, 1.54) is 0 Å². The number of pyridine rings is 1. The van der Waals surface area contributed by atoms with E-state index in [1.54, 1.807) is 0 Å². The molecule has 0 radical (unpaired) electrons. The van der Waals surface area contributed by atoms with Crippen LogP contribution in [-0.4, -0.2) is 22.7 Å². The van der Waals surface area contributed by atoms with Crippen LogP contribution in [0.4, 0.5) is 20.4 Å². The van der Waals surface area contributed by atoms with Crippen molar-refractivity contribution in [2.45, 2.75) is 18.9 Å². The summed E-state index contributed by atoms with van der Waals surface area (Å²) in [6.45, 7) is 0.497. The third-order valence-corrected chi connectivity index (χ3v) is 2.84. The highest BCUT2D eigenvalue weighted by Crippen LogP contribution is 2.27. The number of hydrazine groups is 1. The van der Waals surface area contributed by atoms with Crippen molar-refractivity contribution in [3.8, 4) is 0 Å². The molecule has 1 aliphatic rings. The molecule has 5 N–H and O–H groups in total. The van der Waals surface area contributed by atoms with Crippen molar-refractivity contribution in [1.82, 2.24) is 4.98 Å². The Morgan fingerprint density at radius 2 is 2.00 bits per heavy atom. The molecule has 0 spiro atoms. The molecule has 0 amide bonds. The number of anilines is 2. The molecular weight excluding hydrogens is 230 g/mol. The van der Waals surface area contributed by atoms with Crippen molar-refractivity contribution in [3.05, 3.63) is 17.7 Å². The van der Waals surface area contributed by atoms with Crippen LogP contribution < -0.4 is 16.6 Å². The molecule has 0 saturated heterocycles. The first-order chi connectivity index (χ1) is 8.10. The number of halogens is 2. The van der Waals surface area contributed by atoms with Gasteiger partial charge in [0.2, 0.25) is 0 Å². The van der Waals surface area contributed by atoms with Gasteiger partial charge in [-0.05, 0) is 18.8 Å². The zero-order valence-corrected chi connectivity index (χ0v) is 9.08. The van der Waals surface area contributed by atoms with Gasteiger partial charge in [0, 0.05) is 12.6 Å². The maximum atomic E-state index is 13.3. The number of aliphatic hydroxyl groups excluding tert-OH is 1. The van der Waals surface area contributed by atoms with Gasteiger partial charge in [0.1, 0.15) is 0 Å². The van der Waals surface area contributed by atoms with Crippen LogP contribution in [0.5, 0.6) is 0 Å². The summed E-state index contributed by atoms with van der Waals surface area (Å²) in [7, 11) is 0. The summed E-state index contributed by atoms with van der Waals surface area (Å²) in [6.07, 6.45) is 1.13. The molecule has 0 atom stereocenters. The Kier molecular flexibility index (Phi) is 3.39. The third-order valence-electron chi connectivity index (χ3n) is 2.84. The number of nitrogens with two attached hydrogens (primary N) is 1. The first kappa shape index (κ1) is 12.0. The smallest absolute Gasteiger partial charge is 0.178 e. The summed E-state index contributed by atoms with van der Waals surface area (Å²) in [5.74, 6) is 3.49. The lowest BCUT2D eigenvalue weighted by molar-refractivity contribution is 0.0486. The lowest BCUT2D eigenvalue weighted by atomic mass is 9.82. The molecule has 1 aromatic rings. The van der Waals surface area contributed by atoms with Crippen molar-refractivity contribution < 1.29 is 13.9 Å². The highest BCUT2D eigenvalue weighted by atomic mass is 19.1. The predicted octanol–water partition coefficient (Wildman–Crippen LogP) is 0.828. The largest absolute Gasteiger partial charge is 0.393 e. The van der Waals surface area contributed by atoms with E-state index in [-0.39, 0.29) is 17.7 Å². The van der Waals surface area contributed by atoms with Gasteiger partial charge in [-0.2, -0.15) is 0 Å². The highest BCUT2D eigenvalue weighted by Gasteiger charge is 2.27. The Hall–Kier alpha value is -1.47. The molecule has 7 heteroatoms. The Balaban J connectivity index is 2.00. The fourth-order valence-electron chi connectivity index (χ4n) is 1.80. The molecular formula is C10H14F2N4O. The van der Waals surface area contributed by atoms with Crippen molar-refractivity contribution >= 4 is 11.6 Å². The van der Waals surface area contributed by atoms with E-state index in [4.69, 9.17) is 10.9 Å². The van der Waals surface area contributed by atoms with Crippen LogP contribution >= 0.6 is 0 Å². The van der Waals surface area contributed by atoms with Crippen molar-refractivity contribution in [1.29, 1.82) is 0 Å². The zero-order valence-electron chi connectivity index (χ0n) is 9.08. The van der Waals surface area contributed by atoms with Crippen molar-refractivity contribution in [2.75, 3.05) is 17.3 Å². The number of nitrogens with one attached hydrogen (secondary N) is 2. The van der Waals surface area contributed by atoms with Crippen LogP contribution in [0, 0.1) is 17.6 Å². The minimum Gasteiger partial charge on any atom is -0.393 e. The Bertz CT molecular complexity index is 410. The topological polar surface area (TPSA) is 83.2 Å². The van der Waals surface area contributed by atoms with Gasteiger partial charge in [-0.3, -0.25) is 0 Å². The van der Waals surface area contributed by atoms with Crippen molar-refractivity contribution in [2.24, 2.45) is 11.8 Å². The third kappa shape index (κ3) is 2.62. The van der Waals surface area contributed by atoms with Crippen LogP contribution in [-0.2, 0) is 0 Å². The van der Waals surface area contributed by atoms with Crippen LogP contribution in [0.25, 0.3) is 0 Å². The summed E-state index contributed by atoms with van der Waals surface area (Å²) >= 11 is 0. The number of aliphatic hydroxyl groups is 1. The average molecular weight is 244 g/mol. The molecule has 94 valence electrons. The summed E-state index contributed by atoms with van der Waals surface area (Å²) < 4.78 is 26.4. The molecule has 0 bridgehead atoms. The fraction of sp³-hybridized carbons (Fsp3) is 0.500. The molecule has 0 aliphatic heterocycles. The minimum absolute atomic E-state index is 0.0410. The van der Waals surface area contributed by atoms with Gasteiger partial charge in [0.05, 0.1) is 6.10 Å². The highest BCUT2D eigenvalue weighted by molar-refractivity contribution is 5.46. The van der Waals surface area contributed by atoms with Gasteiger partial charge >= 0.3 is 0 Å². The molecule has 0 unspecified atom stereocenters. The average Bonchev–Trinajstić information content (AvgIpc) is 2.25. The zero-order chi connectivity index (χ0) is 12.4. The second-order valence-corrected chi connectivity index (χ2v) is 4.17. The van der Waals surface area contributed by atoms with Crippen molar-refractivity contribution in [3.63, 3.8) is 0 Å². The Morgan fingerprint density at radius 1 is 1.35 bits per heavy atom. The van der Waals surface area contributed by atoms with Crippen LogP contribution in [0.3, 0.4) is 0 Å². The van der Waals surface area contributed by atoms with Gasteiger partial charge in [0.25, 0.3) is 0 Å².